The van der Waals surface area contributed by atoms with E-state index in [1.54, 1.807) is 6.07 Å². The van der Waals surface area contributed by atoms with Crippen molar-refractivity contribution in [2.24, 2.45) is 5.92 Å². The van der Waals surface area contributed by atoms with Crippen molar-refractivity contribution in [2.75, 3.05) is 58.5 Å². The van der Waals surface area contributed by atoms with E-state index in [9.17, 15) is 4.39 Å². The van der Waals surface area contributed by atoms with E-state index in [1.807, 2.05) is 18.3 Å². The molecule has 1 aromatic carbocycles. The highest BCUT2D eigenvalue weighted by molar-refractivity contribution is 14.1. The number of piperidine rings is 2. The van der Waals surface area contributed by atoms with Gasteiger partial charge < -0.3 is 19.4 Å². The van der Waals surface area contributed by atoms with Gasteiger partial charge in [-0.15, -0.1) is 0 Å². The molecule has 0 unspecified atom stereocenters. The predicted molar refractivity (Wildman–Crippen MR) is 141 cm³/mol. The van der Waals surface area contributed by atoms with Gasteiger partial charge in [-0.3, -0.25) is 0 Å². The van der Waals surface area contributed by atoms with Crippen molar-refractivity contribution in [1.29, 1.82) is 0 Å². The van der Waals surface area contributed by atoms with E-state index >= 15 is 0 Å². The van der Waals surface area contributed by atoms with Gasteiger partial charge in [-0.25, -0.2) is 9.37 Å². The number of aromatic nitrogens is 1. The molecule has 0 radical (unpaired) electrons. The molecule has 0 spiro atoms. The largest absolute Gasteiger partial charge is 0.380 e. The first kappa shape index (κ1) is 23.1. The summed E-state index contributed by atoms with van der Waals surface area (Å²) in [5.41, 5.74) is 2.30. The maximum Gasteiger partial charge on any atom is 0.130 e. The monoisotopic (exact) mass is 564 g/mol. The van der Waals surface area contributed by atoms with E-state index in [-0.39, 0.29) is 5.82 Å². The van der Waals surface area contributed by atoms with Crippen LogP contribution in [0.3, 0.4) is 0 Å². The third-order valence-electron chi connectivity index (χ3n) is 7.53. The summed E-state index contributed by atoms with van der Waals surface area (Å²) in [5, 5.41) is 0. The van der Waals surface area contributed by atoms with Crippen LogP contribution in [0.1, 0.15) is 32.1 Å². The first-order chi connectivity index (χ1) is 16.2. The zero-order valence-electron chi connectivity index (χ0n) is 19.2. The molecule has 5 nitrogen and oxygen atoms in total. The van der Waals surface area contributed by atoms with Crippen LogP contribution < -0.4 is 14.7 Å². The first-order valence-corrected chi connectivity index (χ1v) is 13.9. The summed E-state index contributed by atoms with van der Waals surface area (Å²) in [6.07, 6.45) is 7.74. The van der Waals surface area contributed by atoms with E-state index in [4.69, 9.17) is 9.72 Å². The van der Waals surface area contributed by atoms with Crippen molar-refractivity contribution in [1.82, 2.24) is 4.98 Å². The molecular formula is C26H34FIN4O. The van der Waals surface area contributed by atoms with Gasteiger partial charge in [0, 0.05) is 60.9 Å². The topological polar surface area (TPSA) is 31.8 Å². The standard InChI is InChI=1S/C26H34FIN4O/c27-21-3-1-4-23(17-21)31-12-2-5-24-25(31)9-15-32(24)26-18-22(6-11-29-26)30-13-7-20(8-14-30)19-33-16-10-28/h1,3-4,6,11,17-18,20,24-25H,2,5,7-10,12-16,19H2/t24-,25-/m1/s1. The fraction of sp³-hybridized carbons (Fsp3) is 0.577. The molecule has 0 aliphatic carbocycles. The van der Waals surface area contributed by atoms with Gasteiger partial charge in [0.05, 0.1) is 18.7 Å². The lowest BCUT2D eigenvalue weighted by Crippen LogP contribution is -2.50. The number of hydrogen-bond acceptors (Lipinski definition) is 5. The number of fused-ring (bicyclic) bond motifs is 1. The van der Waals surface area contributed by atoms with Gasteiger partial charge >= 0.3 is 0 Å². The van der Waals surface area contributed by atoms with Crippen LogP contribution in [0.4, 0.5) is 21.6 Å². The Bertz CT molecular complexity index is 923. The zero-order chi connectivity index (χ0) is 22.6. The molecule has 33 heavy (non-hydrogen) atoms. The van der Waals surface area contributed by atoms with Crippen molar-refractivity contribution in [2.45, 2.75) is 44.2 Å². The van der Waals surface area contributed by atoms with Crippen LogP contribution in [0.5, 0.6) is 0 Å². The van der Waals surface area contributed by atoms with Gasteiger partial charge in [-0.1, -0.05) is 28.7 Å². The number of hydrogen-bond donors (Lipinski definition) is 0. The molecule has 2 atom stereocenters. The quantitative estimate of drug-likeness (QED) is 0.264. The Morgan fingerprint density at radius 2 is 1.79 bits per heavy atom. The second kappa shape index (κ2) is 10.8. The van der Waals surface area contributed by atoms with Crippen LogP contribution in [0.15, 0.2) is 42.6 Å². The average molecular weight is 564 g/mol. The van der Waals surface area contributed by atoms with Gasteiger partial charge in [0.2, 0.25) is 0 Å². The highest BCUT2D eigenvalue weighted by Gasteiger charge is 2.41. The molecule has 3 saturated heterocycles. The van der Waals surface area contributed by atoms with Crippen LogP contribution in [0.25, 0.3) is 0 Å². The number of anilines is 3. The lowest BCUT2D eigenvalue weighted by Gasteiger charge is -2.41. The molecule has 0 bridgehead atoms. The second-order valence-corrected chi connectivity index (χ2v) is 10.6. The number of alkyl halides is 1. The summed E-state index contributed by atoms with van der Waals surface area (Å²) >= 11 is 2.37. The Kier molecular flexibility index (Phi) is 7.55. The van der Waals surface area contributed by atoms with Gasteiger partial charge in [0.15, 0.2) is 0 Å². The molecule has 3 aliphatic rings. The molecular weight excluding hydrogens is 530 g/mol. The van der Waals surface area contributed by atoms with Gasteiger partial charge in [-0.2, -0.15) is 0 Å². The van der Waals surface area contributed by atoms with E-state index in [0.717, 1.165) is 68.2 Å². The number of nitrogens with zero attached hydrogens (tertiary/aromatic N) is 4. The van der Waals surface area contributed by atoms with Gasteiger partial charge in [-0.05, 0) is 62.3 Å². The zero-order valence-corrected chi connectivity index (χ0v) is 21.4. The third kappa shape index (κ3) is 5.24. The Hall–Kier alpha value is -1.61. The summed E-state index contributed by atoms with van der Waals surface area (Å²) in [4.78, 5) is 12.2. The summed E-state index contributed by atoms with van der Waals surface area (Å²) in [5.74, 6) is 1.62. The van der Waals surface area contributed by atoms with Crippen molar-refractivity contribution in [3.63, 3.8) is 0 Å². The second-order valence-electron chi connectivity index (χ2n) is 9.50. The van der Waals surface area contributed by atoms with Gasteiger partial charge in [0.1, 0.15) is 11.6 Å². The number of pyridine rings is 1. The molecule has 0 N–H and O–H groups in total. The molecule has 7 heteroatoms. The minimum absolute atomic E-state index is 0.154. The Balaban J connectivity index is 1.25. The summed E-state index contributed by atoms with van der Waals surface area (Å²) in [6.45, 7) is 5.94. The van der Waals surface area contributed by atoms with Crippen LogP contribution >= 0.6 is 22.6 Å². The fourth-order valence-electron chi connectivity index (χ4n) is 5.87. The van der Waals surface area contributed by atoms with Crippen LogP contribution in [-0.2, 0) is 4.74 Å². The molecule has 178 valence electrons. The van der Waals surface area contributed by atoms with Crippen molar-refractivity contribution < 1.29 is 9.13 Å². The highest BCUT2D eigenvalue weighted by atomic mass is 127. The van der Waals surface area contributed by atoms with Crippen LogP contribution in [-0.4, -0.2) is 60.9 Å². The molecule has 5 rings (SSSR count). The van der Waals surface area contributed by atoms with Crippen LogP contribution in [0.2, 0.25) is 0 Å². The van der Waals surface area contributed by atoms with Gasteiger partial charge in [0.25, 0.3) is 0 Å². The van der Waals surface area contributed by atoms with E-state index in [1.165, 1.54) is 31.0 Å². The van der Waals surface area contributed by atoms with E-state index in [0.29, 0.717) is 18.0 Å². The lowest BCUT2D eigenvalue weighted by atomic mass is 9.96. The first-order valence-electron chi connectivity index (χ1n) is 12.4. The Morgan fingerprint density at radius 3 is 2.61 bits per heavy atom. The number of halogens is 2. The maximum atomic E-state index is 13.9. The highest BCUT2D eigenvalue weighted by Crippen LogP contribution is 2.37. The molecule has 2 aromatic rings. The third-order valence-corrected chi connectivity index (χ3v) is 7.97. The lowest BCUT2D eigenvalue weighted by molar-refractivity contribution is 0.103. The minimum Gasteiger partial charge on any atom is -0.380 e. The fourth-order valence-corrected chi connectivity index (χ4v) is 6.18. The summed E-state index contributed by atoms with van der Waals surface area (Å²) in [6, 6.07) is 12.4. The van der Waals surface area contributed by atoms with E-state index in [2.05, 4.69) is 49.4 Å². The molecule has 4 heterocycles. The van der Waals surface area contributed by atoms with E-state index < -0.39 is 0 Å². The number of benzene rings is 1. The Labute approximate surface area is 210 Å². The van der Waals surface area contributed by atoms with Crippen molar-refractivity contribution in [3.05, 3.63) is 48.4 Å². The molecule has 0 saturated carbocycles. The SMILES string of the molecule is Fc1cccc(N2CCC[C@@H]3[C@H]2CCN3c2cc(N3CCC(COCCI)CC3)ccn2)c1. The molecule has 0 amide bonds. The number of ether oxygens (including phenoxy) is 1. The minimum atomic E-state index is -0.154. The maximum absolute atomic E-state index is 13.9. The normalized spacial score (nSPS) is 23.8. The average Bonchev–Trinajstić information content (AvgIpc) is 3.29. The molecule has 3 fully saturated rings. The number of rotatable bonds is 7. The summed E-state index contributed by atoms with van der Waals surface area (Å²) < 4.78 is 20.7. The summed E-state index contributed by atoms with van der Waals surface area (Å²) in [7, 11) is 0. The predicted octanol–water partition coefficient (Wildman–Crippen LogP) is 5.14. The molecule has 3 aliphatic heterocycles. The Morgan fingerprint density at radius 1 is 0.939 bits per heavy atom. The van der Waals surface area contributed by atoms with Crippen molar-refractivity contribution in [3.8, 4) is 0 Å². The van der Waals surface area contributed by atoms with Crippen LogP contribution in [0, 0.1) is 11.7 Å². The van der Waals surface area contributed by atoms with Crippen molar-refractivity contribution >= 4 is 39.8 Å². The molecule has 1 aromatic heterocycles. The smallest absolute Gasteiger partial charge is 0.130 e.